The van der Waals surface area contributed by atoms with Crippen LogP contribution in [0.15, 0.2) is 18.2 Å². The molecular formula is C15H21BClNO2. The van der Waals surface area contributed by atoms with E-state index in [0.29, 0.717) is 0 Å². The van der Waals surface area contributed by atoms with Crippen LogP contribution in [0, 0.1) is 0 Å². The number of hydrogen-bond acceptors (Lipinski definition) is 3. The van der Waals surface area contributed by atoms with Crippen LogP contribution < -0.4 is 11.2 Å². The topological polar surface area (TPSA) is 44.5 Å². The van der Waals surface area contributed by atoms with Gasteiger partial charge in [-0.05, 0) is 57.6 Å². The fourth-order valence-electron chi connectivity index (χ4n) is 2.45. The lowest BCUT2D eigenvalue weighted by atomic mass is 9.77. The number of halogens is 1. The van der Waals surface area contributed by atoms with Gasteiger partial charge in [-0.15, -0.1) is 0 Å². The summed E-state index contributed by atoms with van der Waals surface area (Å²) in [4.78, 5) is 0. The van der Waals surface area contributed by atoms with Crippen molar-refractivity contribution >= 4 is 24.2 Å². The summed E-state index contributed by atoms with van der Waals surface area (Å²) in [7, 11) is -0.363. The maximum absolute atomic E-state index is 6.28. The molecule has 3 nitrogen and oxygen atoms in total. The van der Waals surface area contributed by atoms with Gasteiger partial charge in [0, 0.05) is 10.6 Å². The van der Waals surface area contributed by atoms with E-state index in [4.69, 9.17) is 26.6 Å². The average molecular weight is 294 g/mol. The molecule has 5 heteroatoms. The second-order valence-corrected chi connectivity index (χ2v) is 7.39. The van der Waals surface area contributed by atoms with Gasteiger partial charge in [0.2, 0.25) is 0 Å². The molecule has 0 bridgehead atoms. The van der Waals surface area contributed by atoms with Gasteiger partial charge in [0.1, 0.15) is 0 Å². The number of benzene rings is 1. The van der Waals surface area contributed by atoms with Crippen LogP contribution in [0.1, 0.15) is 46.1 Å². The van der Waals surface area contributed by atoms with Crippen LogP contribution in [-0.2, 0) is 14.8 Å². The average Bonchev–Trinajstić information content (AvgIpc) is 3.02. The number of hydrogen-bond donors (Lipinski definition) is 1. The highest BCUT2D eigenvalue weighted by atomic mass is 35.5. The molecule has 2 fully saturated rings. The molecule has 2 N–H and O–H groups in total. The van der Waals surface area contributed by atoms with Gasteiger partial charge in [-0.25, -0.2) is 0 Å². The first-order chi connectivity index (χ1) is 9.15. The van der Waals surface area contributed by atoms with Crippen LogP contribution in [0.5, 0.6) is 0 Å². The van der Waals surface area contributed by atoms with Crippen molar-refractivity contribution in [2.75, 3.05) is 0 Å². The maximum atomic E-state index is 6.28. The monoisotopic (exact) mass is 293 g/mol. The zero-order valence-electron chi connectivity index (χ0n) is 12.5. The molecule has 108 valence electrons. The van der Waals surface area contributed by atoms with Gasteiger partial charge >= 0.3 is 7.12 Å². The molecule has 0 radical (unpaired) electrons. The Morgan fingerprint density at radius 1 is 1.10 bits per heavy atom. The van der Waals surface area contributed by atoms with Gasteiger partial charge in [-0.1, -0.05) is 23.7 Å². The molecule has 0 aromatic heterocycles. The van der Waals surface area contributed by atoms with Crippen molar-refractivity contribution in [2.24, 2.45) is 5.73 Å². The molecule has 20 heavy (non-hydrogen) atoms. The van der Waals surface area contributed by atoms with Crippen molar-refractivity contribution < 1.29 is 9.31 Å². The predicted octanol–water partition coefficient (Wildman–Crippen LogP) is 2.59. The molecule has 0 amide bonds. The number of rotatable bonds is 2. The van der Waals surface area contributed by atoms with Gasteiger partial charge in [0.05, 0.1) is 11.2 Å². The standard InChI is InChI=1S/C15H21BClNO2/c1-13(2)14(3,4)20-16(19-13)10-5-6-12(17)11(9-10)15(18)7-8-15/h5-6,9H,7-8,18H2,1-4H3. The molecule has 1 aromatic rings. The van der Waals surface area contributed by atoms with Gasteiger partial charge < -0.3 is 15.0 Å². The van der Waals surface area contributed by atoms with E-state index in [1.807, 2.05) is 18.2 Å². The first-order valence-corrected chi connectivity index (χ1v) is 7.47. The Balaban J connectivity index is 1.93. The molecular weight excluding hydrogens is 272 g/mol. The summed E-state index contributed by atoms with van der Waals surface area (Å²) < 4.78 is 12.1. The number of nitrogens with two attached hydrogens (primary N) is 1. The van der Waals surface area contributed by atoms with E-state index in [0.717, 1.165) is 28.9 Å². The molecule has 1 heterocycles. The zero-order valence-corrected chi connectivity index (χ0v) is 13.3. The van der Waals surface area contributed by atoms with Gasteiger partial charge in [-0.2, -0.15) is 0 Å². The van der Waals surface area contributed by atoms with E-state index in [-0.39, 0.29) is 23.9 Å². The van der Waals surface area contributed by atoms with Crippen LogP contribution in [0.4, 0.5) is 0 Å². The predicted molar refractivity (Wildman–Crippen MR) is 82.3 cm³/mol. The SMILES string of the molecule is CC1(C)OB(c2ccc(Cl)c(C3(N)CC3)c2)OC1(C)C. The normalized spacial score (nSPS) is 25.8. The molecule has 1 aliphatic carbocycles. The summed E-state index contributed by atoms with van der Waals surface area (Å²) in [5.41, 5.74) is 7.34. The van der Waals surface area contributed by atoms with Crippen molar-refractivity contribution in [1.29, 1.82) is 0 Å². The third-order valence-corrected chi connectivity index (χ3v) is 5.17. The Morgan fingerprint density at radius 2 is 1.65 bits per heavy atom. The Labute approximate surface area is 125 Å². The largest absolute Gasteiger partial charge is 0.494 e. The third-order valence-electron chi connectivity index (χ3n) is 4.84. The molecule has 1 saturated heterocycles. The highest BCUT2D eigenvalue weighted by molar-refractivity contribution is 6.62. The minimum Gasteiger partial charge on any atom is -0.399 e. The second kappa shape index (κ2) is 4.23. The summed E-state index contributed by atoms with van der Waals surface area (Å²) in [6, 6.07) is 5.89. The Morgan fingerprint density at radius 3 is 2.15 bits per heavy atom. The highest BCUT2D eigenvalue weighted by Crippen LogP contribution is 2.45. The van der Waals surface area contributed by atoms with Gasteiger partial charge in [0.15, 0.2) is 0 Å². The Hall–Kier alpha value is -0.545. The first kappa shape index (κ1) is 14.4. The van der Waals surface area contributed by atoms with Crippen molar-refractivity contribution in [3.05, 3.63) is 28.8 Å². The van der Waals surface area contributed by atoms with E-state index in [1.165, 1.54) is 0 Å². The lowest BCUT2D eigenvalue weighted by molar-refractivity contribution is 0.00578. The minimum absolute atomic E-state index is 0.253. The lowest BCUT2D eigenvalue weighted by Crippen LogP contribution is -2.41. The van der Waals surface area contributed by atoms with Crippen LogP contribution in [0.25, 0.3) is 0 Å². The molecule has 2 aliphatic rings. The fourth-order valence-corrected chi connectivity index (χ4v) is 2.76. The van der Waals surface area contributed by atoms with Crippen molar-refractivity contribution in [1.82, 2.24) is 0 Å². The van der Waals surface area contributed by atoms with Crippen LogP contribution in [0.2, 0.25) is 5.02 Å². The molecule has 0 spiro atoms. The lowest BCUT2D eigenvalue weighted by Gasteiger charge is -2.32. The summed E-state index contributed by atoms with van der Waals surface area (Å²) in [6.45, 7) is 8.20. The molecule has 1 aliphatic heterocycles. The first-order valence-electron chi connectivity index (χ1n) is 7.09. The minimum atomic E-state index is -0.363. The molecule has 1 saturated carbocycles. The summed E-state index contributed by atoms with van der Waals surface area (Å²) in [5, 5.41) is 0.727. The van der Waals surface area contributed by atoms with E-state index in [9.17, 15) is 0 Å². The third kappa shape index (κ3) is 2.19. The van der Waals surface area contributed by atoms with Crippen LogP contribution in [-0.4, -0.2) is 18.3 Å². The van der Waals surface area contributed by atoms with E-state index < -0.39 is 0 Å². The quantitative estimate of drug-likeness (QED) is 0.853. The van der Waals surface area contributed by atoms with Crippen molar-refractivity contribution in [2.45, 2.75) is 57.3 Å². The summed E-state index contributed by atoms with van der Waals surface area (Å²) >= 11 is 6.28. The fraction of sp³-hybridized carbons (Fsp3) is 0.600. The molecule has 0 atom stereocenters. The van der Waals surface area contributed by atoms with E-state index >= 15 is 0 Å². The molecule has 0 unspecified atom stereocenters. The highest BCUT2D eigenvalue weighted by Gasteiger charge is 2.52. The van der Waals surface area contributed by atoms with Crippen LogP contribution >= 0.6 is 11.6 Å². The second-order valence-electron chi connectivity index (χ2n) is 6.98. The smallest absolute Gasteiger partial charge is 0.399 e. The van der Waals surface area contributed by atoms with Gasteiger partial charge in [-0.3, -0.25) is 0 Å². The summed E-state index contributed by atoms with van der Waals surface area (Å²) in [5.74, 6) is 0. The van der Waals surface area contributed by atoms with Crippen molar-refractivity contribution in [3.8, 4) is 0 Å². The van der Waals surface area contributed by atoms with Gasteiger partial charge in [0.25, 0.3) is 0 Å². The van der Waals surface area contributed by atoms with E-state index in [1.54, 1.807) is 0 Å². The Bertz CT molecular complexity index is 539. The van der Waals surface area contributed by atoms with Crippen molar-refractivity contribution in [3.63, 3.8) is 0 Å². The zero-order chi connectivity index (χ0) is 14.8. The maximum Gasteiger partial charge on any atom is 0.494 e. The summed E-state index contributed by atoms with van der Waals surface area (Å²) in [6.07, 6.45) is 1.97. The van der Waals surface area contributed by atoms with E-state index in [2.05, 4.69) is 27.7 Å². The molecule has 1 aromatic carbocycles. The molecule has 3 rings (SSSR count). The Kier molecular flexibility index (Phi) is 3.05. The van der Waals surface area contributed by atoms with Crippen LogP contribution in [0.3, 0.4) is 0 Å².